The number of nitrogens with zero attached hydrogens (tertiary/aromatic N) is 6. The van der Waals surface area contributed by atoms with E-state index >= 15 is 0 Å². The quantitative estimate of drug-likeness (QED) is 0.333. The van der Waals surface area contributed by atoms with Crippen LogP contribution >= 0.6 is 0 Å². The van der Waals surface area contributed by atoms with Crippen LogP contribution in [0.4, 0.5) is 29.6 Å². The van der Waals surface area contributed by atoms with Crippen molar-refractivity contribution in [3.63, 3.8) is 0 Å². The Morgan fingerprint density at radius 2 is 1.65 bits per heavy atom. The largest absolute Gasteiger partial charge is 0.573 e. The number of aromatic nitrogens is 6. The van der Waals surface area contributed by atoms with Gasteiger partial charge in [0.05, 0.1) is 5.69 Å². The van der Waals surface area contributed by atoms with Gasteiger partial charge in [0.15, 0.2) is 5.82 Å². The topological polar surface area (TPSA) is 112 Å². The van der Waals surface area contributed by atoms with Crippen molar-refractivity contribution < 1.29 is 22.7 Å². The number of halogens is 3. The fraction of sp³-hybridized carbons (Fsp3) is 0.0417. The minimum absolute atomic E-state index is 0.306. The van der Waals surface area contributed by atoms with Crippen LogP contribution in [0, 0.1) is 0 Å². The number of carbonyl (C=O) groups is 1. The molecular weight excluding hydrogens is 489 g/mol. The Kier molecular flexibility index (Phi) is 6.24. The highest BCUT2D eigenvalue weighted by atomic mass is 19.4. The van der Waals surface area contributed by atoms with Gasteiger partial charge in [-0.25, -0.2) is 24.4 Å². The average Bonchev–Trinajstić information content (AvgIpc) is 3.55. The van der Waals surface area contributed by atoms with Gasteiger partial charge >= 0.3 is 12.4 Å². The van der Waals surface area contributed by atoms with Gasteiger partial charge in [-0.05, 0) is 60.7 Å². The van der Waals surface area contributed by atoms with Gasteiger partial charge in [0.1, 0.15) is 17.9 Å². The lowest BCUT2D eigenvalue weighted by Gasteiger charge is -2.09. The van der Waals surface area contributed by atoms with Crippen LogP contribution in [0.25, 0.3) is 22.9 Å². The molecule has 13 heteroatoms. The maximum absolute atomic E-state index is 12.5. The molecule has 2 amide bonds. The highest BCUT2D eigenvalue weighted by molar-refractivity contribution is 5.99. The van der Waals surface area contributed by atoms with Crippen LogP contribution in [0.15, 0.2) is 91.6 Å². The third kappa shape index (κ3) is 5.73. The van der Waals surface area contributed by atoms with Crippen molar-refractivity contribution in [1.29, 1.82) is 0 Å². The van der Waals surface area contributed by atoms with Gasteiger partial charge < -0.3 is 10.1 Å². The molecule has 0 saturated carbocycles. The second-order valence-corrected chi connectivity index (χ2v) is 7.52. The zero-order valence-corrected chi connectivity index (χ0v) is 18.8. The summed E-state index contributed by atoms with van der Waals surface area (Å²) >= 11 is 0. The summed E-state index contributed by atoms with van der Waals surface area (Å²) < 4.78 is 43.9. The number of urea groups is 1. The molecule has 2 N–H and O–H groups in total. The van der Waals surface area contributed by atoms with E-state index in [-0.39, 0.29) is 5.75 Å². The average molecular weight is 506 g/mol. The second kappa shape index (κ2) is 9.81. The molecule has 186 valence electrons. The Labute approximate surface area is 207 Å². The second-order valence-electron chi connectivity index (χ2n) is 7.52. The van der Waals surface area contributed by atoms with Gasteiger partial charge in [0.25, 0.3) is 0 Å². The molecule has 0 fully saturated rings. The number of alkyl halides is 3. The monoisotopic (exact) mass is 506 g/mol. The van der Waals surface area contributed by atoms with Crippen LogP contribution < -0.4 is 15.4 Å². The SMILES string of the molecule is O=C(Nc1ccc(-c2ncn(-c3ccc(OC(F)(F)F)cc3)n2)cc1)Nc1nccn1-c1ccccn1. The number of rotatable bonds is 6. The fourth-order valence-electron chi connectivity index (χ4n) is 3.36. The molecule has 37 heavy (non-hydrogen) atoms. The third-order valence-corrected chi connectivity index (χ3v) is 4.99. The minimum atomic E-state index is -4.76. The van der Waals surface area contributed by atoms with Gasteiger partial charge in [-0.3, -0.25) is 9.88 Å². The Morgan fingerprint density at radius 1 is 0.865 bits per heavy atom. The van der Waals surface area contributed by atoms with Gasteiger partial charge in [-0.2, -0.15) is 0 Å². The van der Waals surface area contributed by atoms with Crippen molar-refractivity contribution in [3.8, 4) is 28.6 Å². The summed E-state index contributed by atoms with van der Waals surface area (Å²) in [6.45, 7) is 0. The van der Waals surface area contributed by atoms with E-state index in [0.29, 0.717) is 34.5 Å². The first-order valence-corrected chi connectivity index (χ1v) is 10.8. The number of carbonyl (C=O) groups excluding carboxylic acids is 1. The standard InChI is InChI=1S/C24H17F3N8O2/c25-24(26,27)37-19-10-8-18(9-11-19)35-15-30-21(33-35)16-4-6-17(7-5-16)31-23(36)32-22-29-13-14-34(22)20-3-1-2-12-28-20/h1-15H,(H2,29,31,32,36). The van der Waals surface area contributed by atoms with Crippen LogP contribution in [0.1, 0.15) is 0 Å². The summed E-state index contributed by atoms with van der Waals surface area (Å²) in [5.74, 6) is 0.978. The third-order valence-electron chi connectivity index (χ3n) is 4.99. The number of imidazole rings is 1. The van der Waals surface area contributed by atoms with E-state index < -0.39 is 12.4 Å². The Morgan fingerprint density at radius 3 is 2.35 bits per heavy atom. The summed E-state index contributed by atoms with van der Waals surface area (Å²) in [7, 11) is 0. The van der Waals surface area contributed by atoms with E-state index in [2.05, 4.69) is 35.4 Å². The molecule has 3 heterocycles. The molecule has 5 aromatic rings. The van der Waals surface area contributed by atoms with Gasteiger partial charge in [-0.1, -0.05) is 6.07 Å². The molecule has 3 aromatic heterocycles. The van der Waals surface area contributed by atoms with Crippen LogP contribution in [-0.2, 0) is 0 Å². The normalized spacial score (nSPS) is 11.2. The van der Waals surface area contributed by atoms with Crippen LogP contribution in [0.5, 0.6) is 5.75 Å². The molecule has 5 rings (SSSR count). The molecule has 0 atom stereocenters. The van der Waals surface area contributed by atoms with E-state index in [9.17, 15) is 18.0 Å². The van der Waals surface area contributed by atoms with Crippen molar-refractivity contribution in [2.45, 2.75) is 6.36 Å². The molecule has 2 aromatic carbocycles. The summed E-state index contributed by atoms with van der Waals surface area (Å²) in [5, 5.41) is 9.77. The summed E-state index contributed by atoms with van der Waals surface area (Å²) in [6.07, 6.45) is 1.56. The van der Waals surface area contributed by atoms with E-state index in [1.807, 2.05) is 6.07 Å². The number of amides is 2. The molecule has 0 bridgehead atoms. The van der Waals surface area contributed by atoms with Crippen LogP contribution in [-0.4, -0.2) is 41.7 Å². The molecule has 0 saturated heterocycles. The molecule has 0 aliphatic rings. The Bertz CT molecular complexity index is 1500. The highest BCUT2D eigenvalue weighted by Gasteiger charge is 2.31. The van der Waals surface area contributed by atoms with Crippen molar-refractivity contribution in [3.05, 3.63) is 91.6 Å². The van der Waals surface area contributed by atoms with Crippen molar-refractivity contribution in [2.75, 3.05) is 10.6 Å². The predicted molar refractivity (Wildman–Crippen MR) is 127 cm³/mol. The highest BCUT2D eigenvalue weighted by Crippen LogP contribution is 2.24. The van der Waals surface area contributed by atoms with Crippen LogP contribution in [0.2, 0.25) is 0 Å². The zero-order chi connectivity index (χ0) is 25.8. The van der Waals surface area contributed by atoms with Gasteiger partial charge in [0, 0.05) is 29.8 Å². The predicted octanol–water partition coefficient (Wildman–Crippen LogP) is 5.06. The smallest absolute Gasteiger partial charge is 0.406 e. The molecule has 10 nitrogen and oxygen atoms in total. The van der Waals surface area contributed by atoms with Gasteiger partial charge in [0.2, 0.25) is 5.95 Å². The maximum Gasteiger partial charge on any atom is 0.573 e. The van der Waals surface area contributed by atoms with E-state index in [1.165, 1.54) is 35.3 Å². The van der Waals surface area contributed by atoms with E-state index in [0.717, 1.165) is 0 Å². The van der Waals surface area contributed by atoms with Crippen molar-refractivity contribution >= 4 is 17.7 Å². The number of benzene rings is 2. The Balaban J connectivity index is 1.22. The molecule has 0 aliphatic heterocycles. The molecule has 0 aliphatic carbocycles. The van der Waals surface area contributed by atoms with Crippen LogP contribution in [0.3, 0.4) is 0 Å². The van der Waals surface area contributed by atoms with Crippen molar-refractivity contribution in [2.24, 2.45) is 0 Å². The number of anilines is 2. The van der Waals surface area contributed by atoms with Gasteiger partial charge in [-0.15, -0.1) is 18.3 Å². The molecule has 0 spiro atoms. The number of nitrogens with one attached hydrogen (secondary N) is 2. The lowest BCUT2D eigenvalue weighted by Crippen LogP contribution is -2.21. The first-order valence-electron chi connectivity index (χ1n) is 10.8. The maximum atomic E-state index is 12.5. The number of ether oxygens (including phenoxy) is 1. The van der Waals surface area contributed by atoms with E-state index in [4.69, 9.17) is 0 Å². The first-order chi connectivity index (χ1) is 17.8. The molecule has 0 radical (unpaired) electrons. The lowest BCUT2D eigenvalue weighted by atomic mass is 10.2. The number of hydrogen-bond donors (Lipinski definition) is 2. The first kappa shape index (κ1) is 23.5. The molecule has 0 unspecified atom stereocenters. The number of hydrogen-bond acceptors (Lipinski definition) is 6. The van der Waals surface area contributed by atoms with Crippen molar-refractivity contribution in [1.82, 2.24) is 29.3 Å². The minimum Gasteiger partial charge on any atom is -0.406 e. The molecular formula is C24H17F3N8O2. The number of pyridine rings is 1. The van der Waals surface area contributed by atoms with E-state index in [1.54, 1.807) is 59.6 Å². The summed E-state index contributed by atoms with van der Waals surface area (Å²) in [6, 6.07) is 17.0. The zero-order valence-electron chi connectivity index (χ0n) is 18.8. The summed E-state index contributed by atoms with van der Waals surface area (Å²) in [5.41, 5.74) is 1.71. The fourth-order valence-corrected chi connectivity index (χ4v) is 3.36. The summed E-state index contributed by atoms with van der Waals surface area (Å²) in [4.78, 5) is 25.1. The lowest BCUT2D eigenvalue weighted by molar-refractivity contribution is -0.274. The Hall–Kier alpha value is -5.20.